The molecule has 4 rings (SSSR count). The molecule has 9 heteroatoms. The van der Waals surface area contributed by atoms with Crippen LogP contribution in [0.5, 0.6) is 0 Å². The number of sulfonamides is 1. The average molecular weight is 409 g/mol. The normalized spacial score (nSPS) is 16.6. The van der Waals surface area contributed by atoms with Crippen molar-refractivity contribution in [1.29, 1.82) is 0 Å². The fourth-order valence-electron chi connectivity index (χ4n) is 3.18. The van der Waals surface area contributed by atoms with E-state index in [-0.39, 0.29) is 4.90 Å². The standard InChI is InChI=1S/C18H18FN3O3S2/c19-14-3-1-4-16(11-14)27(23,24)22-8-6-21(7-9-22)13-15-12-17(25-20-15)18-5-2-10-26-18/h1-5,10-12H,6-9,13H2/p+1. The molecule has 0 bridgehead atoms. The molecule has 0 aliphatic carbocycles. The van der Waals surface area contributed by atoms with Crippen LogP contribution in [0.4, 0.5) is 4.39 Å². The molecule has 1 aromatic carbocycles. The van der Waals surface area contributed by atoms with Crippen molar-refractivity contribution in [3.63, 3.8) is 0 Å². The molecule has 6 nitrogen and oxygen atoms in total. The summed E-state index contributed by atoms with van der Waals surface area (Å²) in [4.78, 5) is 2.28. The predicted molar refractivity (Wildman–Crippen MR) is 99.4 cm³/mol. The Balaban J connectivity index is 1.38. The number of hydrogen-bond donors (Lipinski definition) is 1. The highest BCUT2D eigenvalue weighted by molar-refractivity contribution is 7.89. The molecule has 0 saturated carbocycles. The SMILES string of the molecule is O=S(=O)(c1cccc(F)c1)N1CC[NH+](Cc2cc(-c3cccs3)on2)CC1. The van der Waals surface area contributed by atoms with Crippen molar-refractivity contribution in [2.24, 2.45) is 0 Å². The predicted octanol–water partition coefficient (Wildman–Crippen LogP) is 1.63. The van der Waals surface area contributed by atoms with E-state index in [1.165, 1.54) is 27.4 Å². The van der Waals surface area contributed by atoms with Gasteiger partial charge >= 0.3 is 0 Å². The number of nitrogens with zero attached hydrogens (tertiary/aromatic N) is 2. The van der Waals surface area contributed by atoms with E-state index >= 15 is 0 Å². The third-order valence-corrected chi connectivity index (χ3v) is 7.40. The Morgan fingerprint density at radius 2 is 2.00 bits per heavy atom. The van der Waals surface area contributed by atoms with E-state index in [4.69, 9.17) is 4.52 Å². The van der Waals surface area contributed by atoms with E-state index in [2.05, 4.69) is 5.16 Å². The van der Waals surface area contributed by atoms with Gasteiger partial charge in [-0.05, 0) is 29.6 Å². The van der Waals surface area contributed by atoms with E-state index in [1.807, 2.05) is 23.6 Å². The van der Waals surface area contributed by atoms with Crippen LogP contribution in [0, 0.1) is 5.82 Å². The Bertz CT molecular complexity index is 1010. The van der Waals surface area contributed by atoms with E-state index in [1.54, 1.807) is 11.3 Å². The van der Waals surface area contributed by atoms with Crippen LogP contribution >= 0.6 is 11.3 Å². The van der Waals surface area contributed by atoms with Crippen LogP contribution in [0.3, 0.4) is 0 Å². The van der Waals surface area contributed by atoms with E-state index in [9.17, 15) is 12.8 Å². The van der Waals surface area contributed by atoms with E-state index in [0.29, 0.717) is 32.7 Å². The molecule has 0 radical (unpaired) electrons. The third kappa shape index (κ3) is 3.96. The molecule has 0 spiro atoms. The summed E-state index contributed by atoms with van der Waals surface area (Å²) in [6.45, 7) is 2.79. The number of benzene rings is 1. The number of hydrogen-bond acceptors (Lipinski definition) is 5. The van der Waals surface area contributed by atoms with Gasteiger partial charge in [-0.1, -0.05) is 17.3 Å². The molecule has 3 aromatic rings. The molecular formula is C18H19FN3O3S2+. The number of nitrogens with one attached hydrogen (secondary N) is 1. The van der Waals surface area contributed by atoms with Crippen molar-refractivity contribution in [1.82, 2.24) is 9.46 Å². The largest absolute Gasteiger partial charge is 0.355 e. The average Bonchev–Trinajstić information content (AvgIpc) is 3.34. The lowest BCUT2D eigenvalue weighted by Crippen LogP contribution is -3.13. The van der Waals surface area contributed by atoms with Gasteiger partial charge in [0.05, 0.1) is 36.0 Å². The number of aromatic nitrogens is 1. The molecule has 1 N–H and O–H groups in total. The summed E-state index contributed by atoms with van der Waals surface area (Å²) >= 11 is 1.60. The van der Waals surface area contributed by atoms with E-state index < -0.39 is 15.8 Å². The van der Waals surface area contributed by atoms with Crippen molar-refractivity contribution < 1.29 is 22.2 Å². The summed E-state index contributed by atoms with van der Waals surface area (Å²) in [6.07, 6.45) is 0. The zero-order valence-corrected chi connectivity index (χ0v) is 16.1. The van der Waals surface area contributed by atoms with Crippen molar-refractivity contribution >= 4 is 21.4 Å². The lowest BCUT2D eigenvalue weighted by atomic mass is 10.3. The first-order valence-electron chi connectivity index (χ1n) is 8.61. The molecule has 1 fully saturated rings. The number of rotatable bonds is 5. The molecule has 27 heavy (non-hydrogen) atoms. The quantitative estimate of drug-likeness (QED) is 0.697. The first-order chi connectivity index (χ1) is 13.0. The Kier molecular flexibility index (Phi) is 5.09. The maximum Gasteiger partial charge on any atom is 0.243 e. The second kappa shape index (κ2) is 7.51. The number of thiophene rings is 1. The number of piperazine rings is 1. The Morgan fingerprint density at radius 3 is 2.70 bits per heavy atom. The Morgan fingerprint density at radius 1 is 1.19 bits per heavy atom. The maximum absolute atomic E-state index is 13.4. The van der Waals surface area contributed by atoms with Gasteiger partial charge in [0, 0.05) is 6.07 Å². The second-order valence-corrected chi connectivity index (χ2v) is 9.33. The summed E-state index contributed by atoms with van der Waals surface area (Å²) < 4.78 is 45.5. The van der Waals surface area contributed by atoms with Gasteiger partial charge < -0.3 is 9.42 Å². The first kappa shape index (κ1) is 18.3. The highest BCUT2D eigenvalue weighted by Crippen LogP contribution is 2.25. The molecule has 0 amide bonds. The molecule has 3 heterocycles. The lowest BCUT2D eigenvalue weighted by molar-refractivity contribution is -0.917. The van der Waals surface area contributed by atoms with Crippen molar-refractivity contribution in [2.45, 2.75) is 11.4 Å². The molecule has 1 aliphatic heterocycles. The summed E-state index contributed by atoms with van der Waals surface area (Å²) in [5, 5.41) is 6.12. The zero-order chi connectivity index (χ0) is 18.9. The molecule has 1 saturated heterocycles. The van der Waals surface area contributed by atoms with Crippen LogP contribution in [0.2, 0.25) is 0 Å². The summed E-state index contributed by atoms with van der Waals surface area (Å²) in [5.74, 6) is 0.208. The lowest BCUT2D eigenvalue weighted by Gasteiger charge is -2.31. The van der Waals surface area contributed by atoms with Gasteiger partial charge in [-0.15, -0.1) is 11.3 Å². The number of quaternary nitrogens is 1. The minimum absolute atomic E-state index is 0.00282. The second-order valence-electron chi connectivity index (χ2n) is 6.45. The fourth-order valence-corrected chi connectivity index (χ4v) is 5.33. The highest BCUT2D eigenvalue weighted by atomic mass is 32.2. The molecule has 142 valence electrons. The molecule has 0 atom stereocenters. The van der Waals surface area contributed by atoms with Gasteiger partial charge in [0.2, 0.25) is 10.0 Å². The monoisotopic (exact) mass is 408 g/mol. The topological polar surface area (TPSA) is 67.8 Å². The van der Waals surface area contributed by atoms with Gasteiger partial charge in [0.25, 0.3) is 0 Å². The smallest absolute Gasteiger partial charge is 0.243 e. The Labute approximate surface area is 160 Å². The first-order valence-corrected chi connectivity index (χ1v) is 10.9. The molecular weight excluding hydrogens is 389 g/mol. The fraction of sp³-hybridized carbons (Fsp3) is 0.278. The van der Waals surface area contributed by atoms with Crippen molar-refractivity contribution in [3.8, 4) is 10.6 Å². The van der Waals surface area contributed by atoms with Gasteiger partial charge in [-0.3, -0.25) is 0 Å². The van der Waals surface area contributed by atoms with Gasteiger partial charge in [-0.25, -0.2) is 12.8 Å². The third-order valence-electron chi connectivity index (χ3n) is 4.62. The van der Waals surface area contributed by atoms with Crippen molar-refractivity contribution in [3.05, 3.63) is 59.4 Å². The minimum Gasteiger partial charge on any atom is -0.355 e. The summed E-state index contributed by atoms with van der Waals surface area (Å²) in [6, 6.07) is 11.0. The number of halogens is 1. The van der Waals surface area contributed by atoms with Crippen LogP contribution < -0.4 is 4.90 Å². The summed E-state index contributed by atoms with van der Waals surface area (Å²) in [7, 11) is -3.66. The van der Waals surface area contributed by atoms with Crippen LogP contribution in [-0.2, 0) is 16.6 Å². The van der Waals surface area contributed by atoms with Crippen LogP contribution in [-0.4, -0.2) is 44.1 Å². The van der Waals surface area contributed by atoms with E-state index in [0.717, 1.165) is 22.4 Å². The summed E-state index contributed by atoms with van der Waals surface area (Å²) in [5.41, 5.74) is 0.856. The van der Waals surface area contributed by atoms with Gasteiger partial charge in [0.15, 0.2) is 5.76 Å². The van der Waals surface area contributed by atoms with Crippen LogP contribution in [0.25, 0.3) is 10.6 Å². The zero-order valence-electron chi connectivity index (χ0n) is 14.5. The molecule has 1 aliphatic rings. The van der Waals surface area contributed by atoms with Gasteiger partial charge in [0.1, 0.15) is 18.1 Å². The van der Waals surface area contributed by atoms with Crippen molar-refractivity contribution in [2.75, 3.05) is 26.2 Å². The maximum atomic E-state index is 13.4. The Hall–Kier alpha value is -2.07. The van der Waals surface area contributed by atoms with Crippen LogP contribution in [0.1, 0.15) is 5.69 Å². The molecule has 0 unspecified atom stereocenters. The molecule has 2 aromatic heterocycles. The minimum atomic E-state index is -3.66. The van der Waals surface area contributed by atoms with Gasteiger partial charge in [-0.2, -0.15) is 4.31 Å². The van der Waals surface area contributed by atoms with Crippen LogP contribution in [0.15, 0.2) is 57.3 Å². The highest BCUT2D eigenvalue weighted by Gasteiger charge is 2.31.